The predicted molar refractivity (Wildman–Crippen MR) is 88.6 cm³/mol. The molecule has 1 aliphatic heterocycles. The van der Waals surface area contributed by atoms with Gasteiger partial charge in [-0.2, -0.15) is 5.10 Å². The van der Waals surface area contributed by atoms with Gasteiger partial charge < -0.3 is 9.64 Å². The predicted octanol–water partition coefficient (Wildman–Crippen LogP) is 2.02. The van der Waals surface area contributed by atoms with Gasteiger partial charge in [-0.3, -0.25) is 0 Å². The summed E-state index contributed by atoms with van der Waals surface area (Å²) < 4.78 is 7.37. The summed E-state index contributed by atoms with van der Waals surface area (Å²) in [6, 6.07) is 8.36. The average Bonchev–Trinajstić information content (AvgIpc) is 3.01. The highest BCUT2D eigenvalue weighted by atomic mass is 16.5. The van der Waals surface area contributed by atoms with Crippen LogP contribution < -0.4 is 4.90 Å². The Morgan fingerprint density at radius 1 is 1.13 bits per heavy atom. The number of morpholine rings is 1. The van der Waals surface area contributed by atoms with E-state index in [-0.39, 0.29) is 0 Å². The maximum Gasteiger partial charge on any atom is 0.163 e. The number of anilines is 1. The highest BCUT2D eigenvalue weighted by molar-refractivity contribution is 5.86. The Morgan fingerprint density at radius 3 is 2.78 bits per heavy atom. The molecule has 6 heteroatoms. The highest BCUT2D eigenvalue weighted by Gasteiger charge is 2.18. The second kappa shape index (κ2) is 5.96. The van der Waals surface area contributed by atoms with E-state index in [1.807, 2.05) is 10.9 Å². The molecule has 0 saturated carbocycles. The van der Waals surface area contributed by atoms with Crippen LogP contribution in [0.1, 0.15) is 11.1 Å². The quantitative estimate of drug-likeness (QED) is 0.741. The van der Waals surface area contributed by atoms with E-state index in [0.717, 1.165) is 49.7 Å². The number of hydrogen-bond donors (Lipinski definition) is 0. The highest BCUT2D eigenvalue weighted by Crippen LogP contribution is 2.24. The van der Waals surface area contributed by atoms with Crippen molar-refractivity contribution in [3.05, 3.63) is 47.9 Å². The average molecular weight is 309 g/mol. The van der Waals surface area contributed by atoms with E-state index >= 15 is 0 Å². The molecule has 1 aliphatic rings. The molecule has 0 unspecified atom stereocenters. The van der Waals surface area contributed by atoms with Crippen molar-refractivity contribution in [1.29, 1.82) is 0 Å². The second-order valence-corrected chi connectivity index (χ2v) is 5.76. The topological polar surface area (TPSA) is 56.1 Å². The molecular formula is C17H19N5O. The van der Waals surface area contributed by atoms with Crippen molar-refractivity contribution in [2.45, 2.75) is 13.5 Å². The number of hydrogen-bond acceptors (Lipinski definition) is 5. The first kappa shape index (κ1) is 14.1. The van der Waals surface area contributed by atoms with Crippen LogP contribution in [-0.4, -0.2) is 46.1 Å². The minimum atomic E-state index is 0.718. The van der Waals surface area contributed by atoms with Crippen LogP contribution in [0.15, 0.2) is 36.8 Å². The van der Waals surface area contributed by atoms with E-state index < -0.39 is 0 Å². The van der Waals surface area contributed by atoms with E-state index in [4.69, 9.17) is 4.74 Å². The standard InChI is InChI=1S/C17H19N5O/c1-13-4-2-3-5-14(13)11-22-17-15(10-20-22)16(18-12-19-17)21-6-8-23-9-7-21/h2-5,10,12H,6-9,11H2,1H3. The number of benzene rings is 1. The lowest BCUT2D eigenvalue weighted by molar-refractivity contribution is 0.122. The first-order valence-electron chi connectivity index (χ1n) is 7.86. The Kier molecular flexibility index (Phi) is 3.67. The van der Waals surface area contributed by atoms with Crippen LogP contribution in [-0.2, 0) is 11.3 Å². The lowest BCUT2D eigenvalue weighted by atomic mass is 10.1. The SMILES string of the molecule is Cc1ccccc1Cn1ncc2c(N3CCOCC3)ncnc21. The lowest BCUT2D eigenvalue weighted by Gasteiger charge is -2.27. The molecule has 0 bridgehead atoms. The molecule has 4 rings (SSSR count). The molecule has 1 saturated heterocycles. The molecule has 0 amide bonds. The minimum Gasteiger partial charge on any atom is -0.378 e. The smallest absolute Gasteiger partial charge is 0.163 e. The molecule has 0 N–H and O–H groups in total. The molecular weight excluding hydrogens is 290 g/mol. The van der Waals surface area contributed by atoms with Crippen molar-refractivity contribution in [1.82, 2.24) is 19.7 Å². The van der Waals surface area contributed by atoms with Crippen molar-refractivity contribution in [3.8, 4) is 0 Å². The maximum atomic E-state index is 5.42. The number of rotatable bonds is 3. The molecule has 6 nitrogen and oxygen atoms in total. The Hall–Kier alpha value is -2.47. The molecule has 0 atom stereocenters. The summed E-state index contributed by atoms with van der Waals surface area (Å²) >= 11 is 0. The number of aromatic nitrogens is 4. The molecule has 3 aromatic rings. The van der Waals surface area contributed by atoms with E-state index in [2.05, 4.69) is 51.2 Å². The summed E-state index contributed by atoms with van der Waals surface area (Å²) in [6.45, 7) is 6.03. The van der Waals surface area contributed by atoms with Gasteiger partial charge >= 0.3 is 0 Å². The van der Waals surface area contributed by atoms with Gasteiger partial charge in [-0.05, 0) is 18.1 Å². The van der Waals surface area contributed by atoms with Crippen LogP contribution in [0.5, 0.6) is 0 Å². The third-order valence-electron chi connectivity index (χ3n) is 4.30. The second-order valence-electron chi connectivity index (χ2n) is 5.76. The van der Waals surface area contributed by atoms with Crippen LogP contribution in [0.4, 0.5) is 5.82 Å². The van der Waals surface area contributed by atoms with Gasteiger partial charge in [0.1, 0.15) is 12.1 Å². The van der Waals surface area contributed by atoms with Crippen LogP contribution in [0, 0.1) is 6.92 Å². The fraction of sp³-hybridized carbons (Fsp3) is 0.353. The van der Waals surface area contributed by atoms with E-state index in [1.165, 1.54) is 11.1 Å². The molecule has 2 aromatic heterocycles. The zero-order chi connectivity index (χ0) is 15.6. The van der Waals surface area contributed by atoms with Gasteiger partial charge in [-0.1, -0.05) is 24.3 Å². The molecule has 23 heavy (non-hydrogen) atoms. The largest absolute Gasteiger partial charge is 0.378 e. The molecule has 118 valence electrons. The van der Waals surface area contributed by atoms with E-state index in [1.54, 1.807) is 6.33 Å². The van der Waals surface area contributed by atoms with Crippen LogP contribution in [0.2, 0.25) is 0 Å². The van der Waals surface area contributed by atoms with Crippen LogP contribution >= 0.6 is 0 Å². The van der Waals surface area contributed by atoms with Gasteiger partial charge in [0.25, 0.3) is 0 Å². The maximum absolute atomic E-state index is 5.42. The van der Waals surface area contributed by atoms with Crippen molar-refractivity contribution in [3.63, 3.8) is 0 Å². The first-order chi connectivity index (χ1) is 11.3. The van der Waals surface area contributed by atoms with Crippen molar-refractivity contribution in [2.24, 2.45) is 0 Å². The Bertz CT molecular complexity index is 823. The summed E-state index contributed by atoms with van der Waals surface area (Å²) in [5.41, 5.74) is 3.40. The Morgan fingerprint density at radius 2 is 1.96 bits per heavy atom. The van der Waals surface area contributed by atoms with E-state index in [0.29, 0.717) is 0 Å². The number of aryl methyl sites for hydroxylation is 1. The molecule has 0 radical (unpaired) electrons. The molecule has 1 fully saturated rings. The van der Waals surface area contributed by atoms with Crippen LogP contribution in [0.3, 0.4) is 0 Å². The molecule has 0 aliphatic carbocycles. The van der Waals surface area contributed by atoms with Crippen LogP contribution in [0.25, 0.3) is 11.0 Å². The van der Waals surface area contributed by atoms with Gasteiger partial charge in [0.15, 0.2) is 5.65 Å². The van der Waals surface area contributed by atoms with Gasteiger partial charge in [-0.25, -0.2) is 14.6 Å². The number of nitrogens with zero attached hydrogens (tertiary/aromatic N) is 5. The monoisotopic (exact) mass is 309 g/mol. The summed E-state index contributed by atoms with van der Waals surface area (Å²) in [7, 11) is 0. The summed E-state index contributed by atoms with van der Waals surface area (Å²) in [4.78, 5) is 11.2. The lowest BCUT2D eigenvalue weighted by Crippen LogP contribution is -2.36. The zero-order valence-electron chi connectivity index (χ0n) is 13.1. The van der Waals surface area contributed by atoms with Gasteiger partial charge in [0.2, 0.25) is 0 Å². The third-order valence-corrected chi connectivity index (χ3v) is 4.30. The fourth-order valence-corrected chi connectivity index (χ4v) is 2.97. The minimum absolute atomic E-state index is 0.718. The Balaban J connectivity index is 1.71. The van der Waals surface area contributed by atoms with Crippen molar-refractivity contribution in [2.75, 3.05) is 31.2 Å². The zero-order valence-corrected chi connectivity index (χ0v) is 13.1. The van der Waals surface area contributed by atoms with E-state index in [9.17, 15) is 0 Å². The molecule has 0 spiro atoms. The molecule has 1 aromatic carbocycles. The van der Waals surface area contributed by atoms with Crippen molar-refractivity contribution >= 4 is 16.9 Å². The van der Waals surface area contributed by atoms with Gasteiger partial charge in [-0.15, -0.1) is 0 Å². The summed E-state index contributed by atoms with van der Waals surface area (Å²) in [5.74, 6) is 0.953. The van der Waals surface area contributed by atoms with Crippen molar-refractivity contribution < 1.29 is 4.74 Å². The number of fused-ring (bicyclic) bond motifs is 1. The third kappa shape index (κ3) is 2.66. The summed E-state index contributed by atoms with van der Waals surface area (Å²) in [5, 5.41) is 5.55. The fourth-order valence-electron chi connectivity index (χ4n) is 2.97. The van der Waals surface area contributed by atoms with Gasteiger partial charge in [0.05, 0.1) is 31.3 Å². The normalized spacial score (nSPS) is 15.3. The van der Waals surface area contributed by atoms with Gasteiger partial charge in [0, 0.05) is 13.1 Å². The first-order valence-corrected chi connectivity index (χ1v) is 7.86. The summed E-state index contributed by atoms with van der Waals surface area (Å²) in [6.07, 6.45) is 3.50. The molecule has 3 heterocycles. The Labute approximate surface area is 134 Å². The number of ether oxygens (including phenoxy) is 1.